The first-order valence-electron chi connectivity index (χ1n) is 7.15. The van der Waals surface area contributed by atoms with Crippen molar-refractivity contribution in [2.75, 3.05) is 20.2 Å². The molecule has 1 rings (SSSR count). The van der Waals surface area contributed by atoms with Crippen LogP contribution in [-0.4, -0.2) is 42.2 Å². The summed E-state index contributed by atoms with van der Waals surface area (Å²) in [5, 5.41) is 8.69. The summed E-state index contributed by atoms with van der Waals surface area (Å²) < 4.78 is 5.15. The van der Waals surface area contributed by atoms with Crippen LogP contribution in [0.25, 0.3) is 0 Å². The Labute approximate surface area is 121 Å². The Hall–Kier alpha value is -1.55. The van der Waals surface area contributed by atoms with Crippen molar-refractivity contribution in [2.24, 2.45) is 0 Å². The third kappa shape index (κ3) is 5.61. The van der Waals surface area contributed by atoms with Gasteiger partial charge in [0.2, 0.25) is 0 Å². The van der Waals surface area contributed by atoms with E-state index >= 15 is 0 Å². The molecule has 0 unspecified atom stereocenters. The van der Waals surface area contributed by atoms with E-state index in [1.807, 2.05) is 12.1 Å². The Morgan fingerprint density at radius 3 is 2.50 bits per heavy atom. The molecular weight excluding hydrogens is 254 g/mol. The molecule has 0 heterocycles. The topological polar surface area (TPSA) is 49.8 Å². The third-order valence-corrected chi connectivity index (χ3v) is 3.56. The number of carboxylic acid groups (broad SMARTS) is 1. The fraction of sp³-hybridized carbons (Fsp3) is 0.562. The first-order valence-corrected chi connectivity index (χ1v) is 7.15. The molecule has 112 valence electrons. The molecule has 1 N–H and O–H groups in total. The van der Waals surface area contributed by atoms with Crippen LogP contribution in [0.1, 0.15) is 32.3 Å². The second-order valence-corrected chi connectivity index (χ2v) is 5.03. The van der Waals surface area contributed by atoms with E-state index in [1.165, 1.54) is 5.56 Å². The summed E-state index contributed by atoms with van der Waals surface area (Å²) in [5.41, 5.74) is 1.27. The maximum absolute atomic E-state index is 10.6. The second kappa shape index (κ2) is 8.59. The highest BCUT2D eigenvalue weighted by Gasteiger charge is 2.13. The zero-order valence-electron chi connectivity index (χ0n) is 12.6. The van der Waals surface area contributed by atoms with E-state index in [9.17, 15) is 4.79 Å². The molecule has 0 aliphatic rings. The number of likely N-dealkylation sites (N-methyl/N-ethyl adjacent to an activating group) is 1. The molecule has 1 atom stereocenters. The molecular formula is C16H25NO3. The van der Waals surface area contributed by atoms with Gasteiger partial charge in [-0.15, -0.1) is 0 Å². The summed E-state index contributed by atoms with van der Waals surface area (Å²) in [6.45, 7) is 6.08. The number of nitrogens with zero attached hydrogens (tertiary/aromatic N) is 1. The van der Waals surface area contributed by atoms with Crippen LogP contribution in [-0.2, 0) is 11.2 Å². The van der Waals surface area contributed by atoms with E-state index < -0.39 is 5.97 Å². The first-order chi connectivity index (χ1) is 9.56. The SMILES string of the molecule is CCN(CCCC(=O)O)[C@@H](C)Cc1ccc(OC)cc1. The molecule has 0 fully saturated rings. The van der Waals surface area contributed by atoms with Gasteiger partial charge in [-0.25, -0.2) is 0 Å². The lowest BCUT2D eigenvalue weighted by Crippen LogP contribution is -2.35. The minimum absolute atomic E-state index is 0.242. The molecule has 1 aromatic carbocycles. The monoisotopic (exact) mass is 279 g/mol. The molecule has 0 radical (unpaired) electrons. The van der Waals surface area contributed by atoms with Gasteiger partial charge in [0.15, 0.2) is 0 Å². The predicted molar refractivity (Wildman–Crippen MR) is 80.3 cm³/mol. The maximum atomic E-state index is 10.6. The smallest absolute Gasteiger partial charge is 0.303 e. The van der Waals surface area contributed by atoms with Crippen LogP contribution in [0.15, 0.2) is 24.3 Å². The minimum atomic E-state index is -0.719. The van der Waals surface area contributed by atoms with Crippen LogP contribution < -0.4 is 4.74 Å². The van der Waals surface area contributed by atoms with Gasteiger partial charge >= 0.3 is 5.97 Å². The summed E-state index contributed by atoms with van der Waals surface area (Å²) in [5.74, 6) is 0.152. The van der Waals surface area contributed by atoms with E-state index in [2.05, 4.69) is 30.9 Å². The van der Waals surface area contributed by atoms with Gasteiger partial charge < -0.3 is 14.7 Å². The lowest BCUT2D eigenvalue weighted by Gasteiger charge is -2.27. The van der Waals surface area contributed by atoms with Gasteiger partial charge in [-0.1, -0.05) is 19.1 Å². The Kier molecular flexibility index (Phi) is 7.09. The standard InChI is InChI=1S/C16H25NO3/c1-4-17(11-5-6-16(18)19)13(2)12-14-7-9-15(20-3)10-8-14/h7-10,13H,4-6,11-12H2,1-3H3,(H,18,19)/t13-/m0/s1. The van der Waals surface area contributed by atoms with Crippen molar-refractivity contribution in [1.82, 2.24) is 4.90 Å². The quantitative estimate of drug-likeness (QED) is 0.755. The van der Waals surface area contributed by atoms with Crippen LogP contribution >= 0.6 is 0 Å². The Morgan fingerprint density at radius 1 is 1.35 bits per heavy atom. The van der Waals surface area contributed by atoms with E-state index in [0.717, 1.165) is 25.3 Å². The number of hydrogen-bond acceptors (Lipinski definition) is 3. The van der Waals surface area contributed by atoms with Crippen LogP contribution in [0.4, 0.5) is 0 Å². The number of carboxylic acids is 1. The van der Waals surface area contributed by atoms with Gasteiger partial charge in [0.25, 0.3) is 0 Å². The molecule has 20 heavy (non-hydrogen) atoms. The molecule has 0 aliphatic heterocycles. The van der Waals surface area contributed by atoms with E-state index in [0.29, 0.717) is 12.5 Å². The van der Waals surface area contributed by atoms with Crippen molar-refractivity contribution in [3.63, 3.8) is 0 Å². The maximum Gasteiger partial charge on any atom is 0.303 e. The highest BCUT2D eigenvalue weighted by Crippen LogP contribution is 2.14. The van der Waals surface area contributed by atoms with Crippen molar-refractivity contribution in [1.29, 1.82) is 0 Å². The number of rotatable bonds is 9. The molecule has 0 aliphatic carbocycles. The summed E-state index contributed by atoms with van der Waals surface area (Å²) >= 11 is 0. The van der Waals surface area contributed by atoms with Gasteiger partial charge in [0, 0.05) is 12.5 Å². The van der Waals surface area contributed by atoms with Gasteiger partial charge in [0.1, 0.15) is 5.75 Å². The zero-order valence-corrected chi connectivity index (χ0v) is 12.6. The van der Waals surface area contributed by atoms with Crippen molar-refractivity contribution >= 4 is 5.97 Å². The van der Waals surface area contributed by atoms with Crippen molar-refractivity contribution in [3.8, 4) is 5.75 Å². The molecule has 0 spiro atoms. The molecule has 0 saturated heterocycles. The number of carbonyl (C=O) groups is 1. The fourth-order valence-electron chi connectivity index (χ4n) is 2.36. The Morgan fingerprint density at radius 2 is 2.00 bits per heavy atom. The molecule has 1 aromatic rings. The van der Waals surface area contributed by atoms with Crippen LogP contribution in [0.3, 0.4) is 0 Å². The molecule has 0 bridgehead atoms. The number of ether oxygens (including phenoxy) is 1. The Balaban J connectivity index is 2.48. The largest absolute Gasteiger partial charge is 0.497 e. The van der Waals surface area contributed by atoms with Crippen LogP contribution in [0.5, 0.6) is 5.75 Å². The zero-order chi connectivity index (χ0) is 15.0. The second-order valence-electron chi connectivity index (χ2n) is 5.03. The first kappa shape index (κ1) is 16.5. The number of hydrogen-bond donors (Lipinski definition) is 1. The third-order valence-electron chi connectivity index (χ3n) is 3.56. The normalized spacial score (nSPS) is 12.4. The summed E-state index contributed by atoms with van der Waals surface area (Å²) in [6, 6.07) is 8.52. The van der Waals surface area contributed by atoms with Gasteiger partial charge in [-0.2, -0.15) is 0 Å². The molecule has 4 heteroatoms. The average molecular weight is 279 g/mol. The van der Waals surface area contributed by atoms with E-state index in [-0.39, 0.29) is 6.42 Å². The molecule has 0 saturated carbocycles. The summed E-state index contributed by atoms with van der Waals surface area (Å²) in [6.07, 6.45) is 1.91. The van der Waals surface area contributed by atoms with Gasteiger partial charge in [0.05, 0.1) is 7.11 Å². The van der Waals surface area contributed by atoms with Crippen molar-refractivity contribution < 1.29 is 14.6 Å². The number of benzene rings is 1. The van der Waals surface area contributed by atoms with Crippen molar-refractivity contribution in [2.45, 2.75) is 39.2 Å². The number of methoxy groups -OCH3 is 1. The fourth-order valence-corrected chi connectivity index (χ4v) is 2.36. The molecule has 0 amide bonds. The van der Waals surface area contributed by atoms with Crippen LogP contribution in [0.2, 0.25) is 0 Å². The van der Waals surface area contributed by atoms with E-state index in [4.69, 9.17) is 9.84 Å². The predicted octanol–water partition coefficient (Wildman–Crippen LogP) is 2.81. The molecule has 0 aromatic heterocycles. The van der Waals surface area contributed by atoms with Gasteiger partial charge in [-0.3, -0.25) is 4.79 Å². The lowest BCUT2D eigenvalue weighted by atomic mass is 10.1. The highest BCUT2D eigenvalue weighted by atomic mass is 16.5. The van der Waals surface area contributed by atoms with Crippen LogP contribution in [0, 0.1) is 0 Å². The summed E-state index contributed by atoms with van der Waals surface area (Å²) in [4.78, 5) is 12.9. The van der Waals surface area contributed by atoms with Crippen molar-refractivity contribution in [3.05, 3.63) is 29.8 Å². The Bertz CT molecular complexity index is 403. The lowest BCUT2D eigenvalue weighted by molar-refractivity contribution is -0.137. The molecule has 4 nitrogen and oxygen atoms in total. The highest BCUT2D eigenvalue weighted by molar-refractivity contribution is 5.66. The summed E-state index contributed by atoms with van der Waals surface area (Å²) in [7, 11) is 1.67. The minimum Gasteiger partial charge on any atom is -0.497 e. The number of aliphatic carboxylic acids is 1. The van der Waals surface area contributed by atoms with Gasteiger partial charge in [-0.05, 0) is 50.6 Å². The van der Waals surface area contributed by atoms with E-state index in [1.54, 1.807) is 7.11 Å². The average Bonchev–Trinajstić information content (AvgIpc) is 2.44.